The van der Waals surface area contributed by atoms with Gasteiger partial charge in [0.15, 0.2) is 0 Å². The third-order valence-corrected chi connectivity index (χ3v) is 5.07. The maximum atomic E-state index is 8.40. The Bertz CT molecular complexity index is 1040. The fourth-order valence-corrected chi connectivity index (χ4v) is 4.03. The third kappa shape index (κ3) is 1.43. The van der Waals surface area contributed by atoms with Crippen LogP contribution in [-0.4, -0.2) is 0 Å². The molecule has 0 N–H and O–H groups in total. The van der Waals surface area contributed by atoms with Gasteiger partial charge in [0, 0.05) is 19.1 Å². The minimum absolute atomic E-state index is 0.623. The summed E-state index contributed by atoms with van der Waals surface area (Å²) in [6.45, 7) is 2.57. The van der Waals surface area contributed by atoms with Gasteiger partial charge in [-0.05, 0) is 39.0 Å². The van der Waals surface area contributed by atoms with Gasteiger partial charge in [-0.3, -0.25) is 0 Å². The Hall–Kier alpha value is -2.08. The number of benzene rings is 2. The molecule has 0 amide bonds. The van der Waals surface area contributed by atoms with Crippen molar-refractivity contribution >= 4 is 17.2 Å². The van der Waals surface area contributed by atoms with Crippen LogP contribution in [-0.2, 0) is 10.8 Å². The first-order valence-electron chi connectivity index (χ1n) is 10.5. The zero-order valence-electron chi connectivity index (χ0n) is 18.8. The minimum atomic E-state index is -2.34. The molecule has 2 aliphatic carbocycles. The first kappa shape index (κ1) is 8.53. The molecule has 0 bridgehead atoms. The van der Waals surface area contributed by atoms with Gasteiger partial charge in [-0.2, -0.15) is 0 Å². The number of fused-ring (bicyclic) bond motifs is 4. The molecule has 2 aliphatic rings. The fourth-order valence-electron chi connectivity index (χ4n) is 4.03. The highest BCUT2D eigenvalue weighted by molar-refractivity contribution is 6.09. The summed E-state index contributed by atoms with van der Waals surface area (Å²) < 4.78 is 50.3. The van der Waals surface area contributed by atoms with Gasteiger partial charge in [0.05, 0.1) is 0 Å². The van der Waals surface area contributed by atoms with Gasteiger partial charge in [0.1, 0.15) is 0 Å². The van der Waals surface area contributed by atoms with Crippen molar-refractivity contribution in [1.82, 2.24) is 0 Å². The summed E-state index contributed by atoms with van der Waals surface area (Å²) >= 11 is 0. The lowest BCUT2D eigenvalue weighted by atomic mass is 9.75. The Kier molecular flexibility index (Phi) is 1.55. The summed E-state index contributed by atoms with van der Waals surface area (Å²) in [7, 11) is 0. The summed E-state index contributed by atoms with van der Waals surface area (Å²) in [4.78, 5) is 0. The maximum Gasteiger partial charge on any atom is 0.0243 e. The first-order chi connectivity index (χ1) is 12.9. The average molecular weight is 292 g/mol. The monoisotopic (exact) mass is 292 g/mol. The summed E-state index contributed by atoms with van der Waals surface area (Å²) in [6, 6.07) is 12.9. The Morgan fingerprint density at radius 1 is 0.909 bits per heavy atom. The molecule has 0 fully saturated rings. The Morgan fingerprint density at radius 3 is 2.23 bits per heavy atom. The molecular weight excluding hydrogens is 264 g/mol. The molecule has 0 saturated carbocycles. The molecule has 0 aliphatic heterocycles. The molecule has 0 radical (unpaired) electrons. The molecule has 22 heavy (non-hydrogen) atoms. The second-order valence-corrected chi connectivity index (χ2v) is 6.55. The molecular formula is C22H22. The van der Waals surface area contributed by atoms with E-state index in [1.807, 2.05) is 42.5 Å². The zero-order chi connectivity index (χ0) is 20.7. The number of allylic oxidation sites excluding steroid dienone is 2. The van der Waals surface area contributed by atoms with Crippen LogP contribution in [0.2, 0.25) is 0 Å². The van der Waals surface area contributed by atoms with Gasteiger partial charge in [0.25, 0.3) is 0 Å². The van der Waals surface area contributed by atoms with Gasteiger partial charge >= 0.3 is 0 Å². The molecule has 0 heteroatoms. The summed E-state index contributed by atoms with van der Waals surface area (Å²) in [6.07, 6.45) is 1.68. The van der Waals surface area contributed by atoms with Crippen molar-refractivity contribution < 1.29 is 8.22 Å². The number of rotatable bonds is 1. The fraction of sp³-hybridized carbons (Fsp3) is 0.273. The lowest BCUT2D eigenvalue weighted by Gasteiger charge is -2.28. The van der Waals surface area contributed by atoms with E-state index in [1.54, 1.807) is 19.9 Å². The maximum absolute atomic E-state index is 8.40. The highest BCUT2D eigenvalue weighted by atomic mass is 14.5. The molecule has 0 saturated heterocycles. The standard InChI is InChI=1S/C22H22/c1-6-14-11-12-16-18(13-14)22(4,5)19-15-9-7-8-10-17(15)21(2,3)20(16)19/h6-13H,1H2,2-5H3/i2D3,4D3. The highest BCUT2D eigenvalue weighted by Gasteiger charge is 2.49. The average Bonchev–Trinajstić information content (AvgIpc) is 3.05. The number of hydrogen-bond donors (Lipinski definition) is 0. The van der Waals surface area contributed by atoms with Crippen molar-refractivity contribution in [3.05, 3.63) is 76.9 Å². The molecule has 2 aromatic carbocycles. The third-order valence-electron chi connectivity index (χ3n) is 5.07. The van der Waals surface area contributed by atoms with Crippen molar-refractivity contribution in [2.45, 2.75) is 38.4 Å². The van der Waals surface area contributed by atoms with Crippen LogP contribution in [0, 0.1) is 0 Å². The van der Waals surface area contributed by atoms with Crippen LogP contribution in [0.4, 0.5) is 0 Å². The lowest BCUT2D eigenvalue weighted by molar-refractivity contribution is 0.694. The molecule has 2 aromatic rings. The van der Waals surface area contributed by atoms with E-state index in [0.29, 0.717) is 27.8 Å². The predicted molar refractivity (Wildman–Crippen MR) is 95.8 cm³/mol. The zero-order valence-corrected chi connectivity index (χ0v) is 12.8. The molecule has 110 valence electrons. The second-order valence-electron chi connectivity index (χ2n) is 6.55. The Morgan fingerprint density at radius 2 is 1.55 bits per heavy atom. The van der Waals surface area contributed by atoms with Crippen LogP contribution >= 0.6 is 0 Å². The van der Waals surface area contributed by atoms with Crippen LogP contribution in [0.25, 0.3) is 17.2 Å². The van der Waals surface area contributed by atoms with E-state index in [0.717, 1.165) is 11.1 Å². The van der Waals surface area contributed by atoms with Gasteiger partial charge in [-0.25, -0.2) is 0 Å². The van der Waals surface area contributed by atoms with E-state index in [4.69, 9.17) is 8.22 Å². The summed E-state index contributed by atoms with van der Waals surface area (Å²) in [5.74, 6) is 0. The van der Waals surface area contributed by atoms with E-state index in [-0.39, 0.29) is 0 Å². The van der Waals surface area contributed by atoms with Gasteiger partial charge in [-0.1, -0.05) is 82.7 Å². The van der Waals surface area contributed by atoms with Crippen LogP contribution in [0.3, 0.4) is 0 Å². The second kappa shape index (κ2) is 4.01. The van der Waals surface area contributed by atoms with Gasteiger partial charge < -0.3 is 0 Å². The molecule has 0 heterocycles. The molecule has 0 aromatic heterocycles. The molecule has 2 unspecified atom stereocenters. The topological polar surface area (TPSA) is 0 Å². The van der Waals surface area contributed by atoms with Crippen LogP contribution in [0.1, 0.15) is 63.6 Å². The van der Waals surface area contributed by atoms with E-state index in [9.17, 15) is 0 Å². The SMILES string of the molecule is [2H]C([2H])([2H])C1(C)C2=C(c3ccccc31)C(C)(C([2H])([2H])[2H])c1cc(C=C)ccc12. The number of hydrogen-bond acceptors (Lipinski definition) is 0. The summed E-state index contributed by atoms with van der Waals surface area (Å²) in [5, 5.41) is 0. The highest BCUT2D eigenvalue weighted by Crippen LogP contribution is 2.62. The molecule has 0 spiro atoms. The van der Waals surface area contributed by atoms with Crippen molar-refractivity contribution in [3.8, 4) is 0 Å². The van der Waals surface area contributed by atoms with Crippen LogP contribution < -0.4 is 0 Å². The normalized spacial score (nSPS) is 33.5. The van der Waals surface area contributed by atoms with Crippen molar-refractivity contribution in [3.63, 3.8) is 0 Å². The van der Waals surface area contributed by atoms with Crippen LogP contribution in [0.15, 0.2) is 49.0 Å². The Balaban J connectivity index is 2.19. The predicted octanol–water partition coefficient (Wildman–Crippen LogP) is 5.82. The lowest BCUT2D eigenvalue weighted by Crippen LogP contribution is -2.19. The smallest absolute Gasteiger partial charge is 0.0243 e. The first-order valence-corrected chi connectivity index (χ1v) is 7.51. The molecule has 2 atom stereocenters. The van der Waals surface area contributed by atoms with E-state index < -0.39 is 24.5 Å². The van der Waals surface area contributed by atoms with Gasteiger partial charge in [0.2, 0.25) is 0 Å². The quantitative estimate of drug-likeness (QED) is 0.621. The molecule has 4 rings (SSSR count). The van der Waals surface area contributed by atoms with Crippen molar-refractivity contribution in [1.29, 1.82) is 0 Å². The molecule has 0 nitrogen and oxygen atoms in total. The largest absolute Gasteiger partial charge is 0.0985 e. The van der Waals surface area contributed by atoms with Crippen LogP contribution in [0.5, 0.6) is 0 Å². The van der Waals surface area contributed by atoms with Gasteiger partial charge in [-0.15, -0.1) is 0 Å². The summed E-state index contributed by atoms with van der Waals surface area (Å²) in [5.41, 5.74) is 2.27. The van der Waals surface area contributed by atoms with E-state index in [2.05, 4.69) is 6.58 Å². The van der Waals surface area contributed by atoms with E-state index in [1.165, 1.54) is 0 Å². The Labute approximate surface area is 141 Å². The van der Waals surface area contributed by atoms with Crippen molar-refractivity contribution in [2.24, 2.45) is 0 Å². The van der Waals surface area contributed by atoms with Crippen molar-refractivity contribution in [2.75, 3.05) is 0 Å². The van der Waals surface area contributed by atoms with E-state index >= 15 is 0 Å². The minimum Gasteiger partial charge on any atom is -0.0985 e.